The van der Waals surface area contributed by atoms with E-state index >= 15 is 0 Å². The van der Waals surface area contributed by atoms with Crippen LogP contribution in [0.4, 0.5) is 0 Å². The van der Waals surface area contributed by atoms with E-state index in [1.807, 2.05) is 37.3 Å². The second kappa shape index (κ2) is 5.82. The van der Waals surface area contributed by atoms with E-state index in [4.69, 9.17) is 4.74 Å². The Bertz CT molecular complexity index is 472. The van der Waals surface area contributed by atoms with E-state index in [0.717, 1.165) is 5.56 Å². The summed E-state index contributed by atoms with van der Waals surface area (Å²) in [5.41, 5.74) is 1.06. The lowest BCUT2D eigenvalue weighted by atomic mass is 10.2. The zero-order chi connectivity index (χ0) is 13.0. The molecule has 0 unspecified atom stereocenters. The van der Waals surface area contributed by atoms with Gasteiger partial charge in [0, 0.05) is 13.1 Å². The Hall–Kier alpha value is -0.910. The van der Waals surface area contributed by atoms with Gasteiger partial charge in [-0.1, -0.05) is 30.3 Å². The largest absolute Gasteiger partial charge is 0.376 e. The topological polar surface area (TPSA) is 46.6 Å². The SMILES string of the molecule is C[C@H]1CN(S(=O)(=O)CCc2ccccc2)CCO1. The molecule has 100 valence electrons. The van der Waals surface area contributed by atoms with Gasteiger partial charge in [0.15, 0.2) is 0 Å². The second-order valence-electron chi connectivity index (χ2n) is 4.59. The van der Waals surface area contributed by atoms with Gasteiger partial charge in [-0.05, 0) is 18.9 Å². The van der Waals surface area contributed by atoms with E-state index in [-0.39, 0.29) is 11.9 Å². The summed E-state index contributed by atoms with van der Waals surface area (Å²) in [6.45, 7) is 3.34. The Labute approximate surface area is 109 Å². The average Bonchev–Trinajstić information content (AvgIpc) is 2.38. The monoisotopic (exact) mass is 269 g/mol. The van der Waals surface area contributed by atoms with Gasteiger partial charge in [0.25, 0.3) is 0 Å². The van der Waals surface area contributed by atoms with Crippen molar-refractivity contribution in [1.29, 1.82) is 0 Å². The number of aryl methyl sites for hydroxylation is 1. The van der Waals surface area contributed by atoms with E-state index < -0.39 is 10.0 Å². The first-order valence-corrected chi connectivity index (χ1v) is 7.82. The van der Waals surface area contributed by atoms with Crippen LogP contribution in [0.1, 0.15) is 12.5 Å². The molecule has 0 radical (unpaired) electrons. The third-order valence-corrected chi connectivity index (χ3v) is 4.93. The highest BCUT2D eigenvalue weighted by Gasteiger charge is 2.26. The summed E-state index contributed by atoms with van der Waals surface area (Å²) in [6.07, 6.45) is 0.555. The molecule has 2 rings (SSSR count). The summed E-state index contributed by atoms with van der Waals surface area (Å²) in [4.78, 5) is 0. The average molecular weight is 269 g/mol. The number of rotatable bonds is 4. The molecule has 4 nitrogen and oxygen atoms in total. The van der Waals surface area contributed by atoms with Gasteiger partial charge in [0.05, 0.1) is 18.5 Å². The maximum absolute atomic E-state index is 12.2. The van der Waals surface area contributed by atoms with E-state index in [1.54, 1.807) is 4.31 Å². The van der Waals surface area contributed by atoms with Crippen molar-refractivity contribution in [2.75, 3.05) is 25.4 Å². The van der Waals surface area contributed by atoms with Crippen molar-refractivity contribution in [1.82, 2.24) is 4.31 Å². The molecule has 5 heteroatoms. The highest BCUT2D eigenvalue weighted by atomic mass is 32.2. The summed E-state index contributed by atoms with van der Waals surface area (Å²) in [5, 5.41) is 0. The second-order valence-corrected chi connectivity index (χ2v) is 6.68. The smallest absolute Gasteiger partial charge is 0.214 e. The third-order valence-electron chi connectivity index (χ3n) is 3.09. The summed E-state index contributed by atoms with van der Waals surface area (Å²) >= 11 is 0. The molecule has 1 aromatic carbocycles. The molecule has 0 amide bonds. The van der Waals surface area contributed by atoms with Crippen LogP contribution in [-0.4, -0.2) is 44.3 Å². The van der Waals surface area contributed by atoms with Crippen LogP contribution in [0.2, 0.25) is 0 Å². The van der Waals surface area contributed by atoms with Crippen LogP contribution in [0, 0.1) is 0 Å². The fourth-order valence-corrected chi connectivity index (χ4v) is 3.60. The molecule has 0 spiro atoms. The predicted molar refractivity (Wildman–Crippen MR) is 70.9 cm³/mol. The van der Waals surface area contributed by atoms with Crippen molar-refractivity contribution in [2.24, 2.45) is 0 Å². The summed E-state index contributed by atoms with van der Waals surface area (Å²) in [7, 11) is -3.16. The number of ether oxygens (including phenoxy) is 1. The minimum atomic E-state index is -3.16. The van der Waals surface area contributed by atoms with Crippen LogP contribution in [-0.2, 0) is 21.2 Å². The predicted octanol–water partition coefficient (Wildman–Crippen LogP) is 1.28. The van der Waals surface area contributed by atoms with Gasteiger partial charge in [0.1, 0.15) is 0 Å². The zero-order valence-electron chi connectivity index (χ0n) is 10.6. The molecule has 0 bridgehead atoms. The van der Waals surface area contributed by atoms with Crippen molar-refractivity contribution in [2.45, 2.75) is 19.4 Å². The molecule has 0 N–H and O–H groups in total. The van der Waals surface area contributed by atoms with E-state index in [9.17, 15) is 8.42 Å². The normalized spacial score (nSPS) is 21.9. The molecule has 1 saturated heterocycles. The molecule has 18 heavy (non-hydrogen) atoms. The van der Waals surface area contributed by atoms with Crippen molar-refractivity contribution in [3.63, 3.8) is 0 Å². The van der Waals surface area contributed by atoms with Crippen molar-refractivity contribution in [3.8, 4) is 0 Å². The lowest BCUT2D eigenvalue weighted by Gasteiger charge is -2.30. The molecule has 0 saturated carbocycles. The van der Waals surface area contributed by atoms with Crippen LogP contribution in [0.5, 0.6) is 0 Å². The number of benzene rings is 1. The maximum atomic E-state index is 12.2. The first kappa shape index (κ1) is 13.5. The highest BCUT2D eigenvalue weighted by Crippen LogP contribution is 2.12. The lowest BCUT2D eigenvalue weighted by molar-refractivity contribution is 0.0102. The Morgan fingerprint density at radius 2 is 2.06 bits per heavy atom. The van der Waals surface area contributed by atoms with Crippen molar-refractivity contribution < 1.29 is 13.2 Å². The Morgan fingerprint density at radius 3 is 2.72 bits per heavy atom. The minimum Gasteiger partial charge on any atom is -0.376 e. The zero-order valence-corrected chi connectivity index (χ0v) is 11.4. The summed E-state index contributed by atoms with van der Waals surface area (Å²) in [5.74, 6) is 0.170. The minimum absolute atomic E-state index is 0.00903. The molecule has 1 aromatic rings. The van der Waals surface area contributed by atoms with Crippen molar-refractivity contribution in [3.05, 3.63) is 35.9 Å². The number of morpholine rings is 1. The maximum Gasteiger partial charge on any atom is 0.214 e. The van der Waals surface area contributed by atoms with Crippen molar-refractivity contribution >= 4 is 10.0 Å². The van der Waals surface area contributed by atoms with Crippen LogP contribution < -0.4 is 0 Å². The lowest BCUT2D eigenvalue weighted by Crippen LogP contribution is -2.45. The first-order chi connectivity index (χ1) is 8.58. The van der Waals surface area contributed by atoms with Crippen LogP contribution in [0.3, 0.4) is 0 Å². The molecule has 0 aromatic heterocycles. The van der Waals surface area contributed by atoms with Gasteiger partial charge < -0.3 is 4.74 Å². The Kier molecular flexibility index (Phi) is 4.37. The molecule has 1 heterocycles. The fraction of sp³-hybridized carbons (Fsp3) is 0.538. The molecular formula is C13H19NO3S. The molecule has 1 aliphatic rings. The standard InChI is InChI=1S/C13H19NO3S/c1-12-11-14(8-9-17-12)18(15,16)10-7-13-5-3-2-4-6-13/h2-6,12H,7-11H2,1H3/t12-/m0/s1. The van der Waals surface area contributed by atoms with Gasteiger partial charge in [-0.2, -0.15) is 4.31 Å². The number of hydrogen-bond acceptors (Lipinski definition) is 3. The fourth-order valence-electron chi connectivity index (χ4n) is 2.06. The summed E-state index contributed by atoms with van der Waals surface area (Å²) < 4.78 is 31.3. The molecule has 0 aliphatic carbocycles. The van der Waals surface area contributed by atoms with Crippen LogP contribution in [0.15, 0.2) is 30.3 Å². The number of sulfonamides is 1. The summed E-state index contributed by atoms with van der Waals surface area (Å²) in [6, 6.07) is 9.70. The van der Waals surface area contributed by atoms with Crippen LogP contribution in [0.25, 0.3) is 0 Å². The Morgan fingerprint density at radius 1 is 1.33 bits per heavy atom. The van der Waals surface area contributed by atoms with E-state index in [2.05, 4.69) is 0 Å². The molecule has 1 fully saturated rings. The van der Waals surface area contributed by atoms with Crippen LogP contribution >= 0.6 is 0 Å². The van der Waals surface area contributed by atoms with E-state index in [1.165, 1.54) is 0 Å². The third kappa shape index (κ3) is 3.54. The van der Waals surface area contributed by atoms with Gasteiger partial charge in [-0.25, -0.2) is 8.42 Å². The Balaban J connectivity index is 1.95. The number of hydrogen-bond donors (Lipinski definition) is 0. The molecular weight excluding hydrogens is 250 g/mol. The molecule has 1 aliphatic heterocycles. The highest BCUT2D eigenvalue weighted by molar-refractivity contribution is 7.89. The van der Waals surface area contributed by atoms with Gasteiger partial charge >= 0.3 is 0 Å². The van der Waals surface area contributed by atoms with Gasteiger partial charge in [0.2, 0.25) is 10.0 Å². The van der Waals surface area contributed by atoms with Gasteiger partial charge in [-0.15, -0.1) is 0 Å². The number of nitrogens with zero attached hydrogens (tertiary/aromatic N) is 1. The van der Waals surface area contributed by atoms with Gasteiger partial charge in [-0.3, -0.25) is 0 Å². The first-order valence-electron chi connectivity index (χ1n) is 6.21. The quantitative estimate of drug-likeness (QED) is 0.827. The molecule has 1 atom stereocenters. The van der Waals surface area contributed by atoms with E-state index in [0.29, 0.717) is 26.1 Å².